The van der Waals surface area contributed by atoms with Crippen LogP contribution in [-0.2, 0) is 27.8 Å². The van der Waals surface area contributed by atoms with Crippen LogP contribution in [0, 0.1) is 11.3 Å². The zero-order valence-corrected chi connectivity index (χ0v) is 18.0. The number of hydrogen-bond donors (Lipinski definition) is 0. The lowest BCUT2D eigenvalue weighted by Gasteiger charge is -2.13. The Kier molecular flexibility index (Phi) is 5.54. The van der Waals surface area contributed by atoms with Crippen LogP contribution in [0.1, 0.15) is 29.5 Å². The Labute approximate surface area is 179 Å². The molecule has 1 heterocycles. The molecular formula is C21H20N4O3S2. The molecule has 0 atom stereocenters. The third kappa shape index (κ3) is 5.01. The number of nitriles is 1. The van der Waals surface area contributed by atoms with Crippen LogP contribution in [0.3, 0.4) is 0 Å². The molecule has 1 fully saturated rings. The molecule has 0 unspecified atom stereocenters. The SMILES string of the molecule is CS(=O)(=O)Oc1ccc(SCc2cc(Cn3cncn3)cc(C3(C#N)CC3)c2)cc1. The van der Waals surface area contributed by atoms with Crippen LogP contribution < -0.4 is 4.18 Å². The van der Waals surface area contributed by atoms with E-state index in [9.17, 15) is 13.7 Å². The molecule has 0 amide bonds. The lowest BCUT2D eigenvalue weighted by atomic mass is 9.94. The Balaban J connectivity index is 1.51. The molecule has 1 aliphatic carbocycles. The minimum Gasteiger partial charge on any atom is -0.383 e. The average Bonchev–Trinajstić information content (AvgIpc) is 3.35. The van der Waals surface area contributed by atoms with Gasteiger partial charge in [0.25, 0.3) is 0 Å². The number of thioether (sulfide) groups is 1. The lowest BCUT2D eigenvalue weighted by molar-refractivity contribution is 0.493. The van der Waals surface area contributed by atoms with E-state index in [1.165, 1.54) is 6.33 Å². The van der Waals surface area contributed by atoms with E-state index in [0.717, 1.165) is 46.4 Å². The second-order valence-electron chi connectivity index (χ2n) is 7.37. The summed E-state index contributed by atoms with van der Waals surface area (Å²) in [6.07, 6.45) is 6.00. The van der Waals surface area contributed by atoms with Gasteiger partial charge < -0.3 is 4.18 Å². The third-order valence-electron chi connectivity index (χ3n) is 4.86. The lowest BCUT2D eigenvalue weighted by Crippen LogP contribution is -2.07. The van der Waals surface area contributed by atoms with E-state index in [1.54, 1.807) is 34.9 Å². The molecule has 0 N–H and O–H groups in total. The van der Waals surface area contributed by atoms with Gasteiger partial charge in [0.2, 0.25) is 0 Å². The highest BCUT2D eigenvalue weighted by molar-refractivity contribution is 7.98. The van der Waals surface area contributed by atoms with Crippen molar-refractivity contribution in [2.75, 3.05) is 6.26 Å². The molecule has 3 aromatic rings. The van der Waals surface area contributed by atoms with E-state index in [0.29, 0.717) is 12.3 Å². The summed E-state index contributed by atoms with van der Waals surface area (Å²) < 4.78 is 29.1. The zero-order chi connectivity index (χ0) is 21.2. The summed E-state index contributed by atoms with van der Waals surface area (Å²) in [4.78, 5) is 4.99. The van der Waals surface area contributed by atoms with Gasteiger partial charge >= 0.3 is 10.1 Å². The Morgan fingerprint density at radius 3 is 2.53 bits per heavy atom. The molecule has 30 heavy (non-hydrogen) atoms. The van der Waals surface area contributed by atoms with Gasteiger partial charge in [-0.05, 0) is 53.8 Å². The topological polar surface area (TPSA) is 97.9 Å². The van der Waals surface area contributed by atoms with E-state index in [4.69, 9.17) is 4.18 Å². The first-order valence-electron chi connectivity index (χ1n) is 9.35. The summed E-state index contributed by atoms with van der Waals surface area (Å²) in [7, 11) is -3.53. The number of hydrogen-bond acceptors (Lipinski definition) is 7. The van der Waals surface area contributed by atoms with E-state index < -0.39 is 10.1 Å². The summed E-state index contributed by atoms with van der Waals surface area (Å²) in [5.41, 5.74) is 2.93. The van der Waals surface area contributed by atoms with Gasteiger partial charge in [0.15, 0.2) is 0 Å². The Morgan fingerprint density at radius 2 is 1.93 bits per heavy atom. The summed E-state index contributed by atoms with van der Waals surface area (Å²) in [5, 5.41) is 13.8. The van der Waals surface area contributed by atoms with Crippen molar-refractivity contribution in [1.82, 2.24) is 14.8 Å². The molecule has 154 valence electrons. The number of nitrogens with zero attached hydrogens (tertiary/aromatic N) is 4. The molecule has 1 aromatic heterocycles. The van der Waals surface area contributed by atoms with Crippen LogP contribution in [-0.4, -0.2) is 29.4 Å². The van der Waals surface area contributed by atoms with Crippen molar-refractivity contribution in [3.8, 4) is 11.8 Å². The first kappa shape index (κ1) is 20.4. The van der Waals surface area contributed by atoms with Gasteiger partial charge in [0, 0.05) is 10.6 Å². The molecular weight excluding hydrogens is 420 g/mol. The monoisotopic (exact) mass is 440 g/mol. The van der Waals surface area contributed by atoms with Gasteiger partial charge in [0.1, 0.15) is 18.4 Å². The summed E-state index contributed by atoms with van der Waals surface area (Å²) in [6, 6.07) is 15.8. The molecule has 0 saturated heterocycles. The fourth-order valence-corrected chi connectivity index (χ4v) is 4.53. The van der Waals surface area contributed by atoms with Gasteiger partial charge in [-0.1, -0.05) is 18.2 Å². The van der Waals surface area contributed by atoms with E-state index in [1.807, 2.05) is 12.1 Å². The molecule has 0 bridgehead atoms. The van der Waals surface area contributed by atoms with Crippen molar-refractivity contribution in [3.63, 3.8) is 0 Å². The fraction of sp³-hybridized carbons (Fsp3) is 0.286. The number of aromatic nitrogens is 3. The number of rotatable bonds is 8. The highest BCUT2D eigenvalue weighted by Crippen LogP contribution is 2.48. The molecule has 1 saturated carbocycles. The maximum atomic E-state index is 11.2. The van der Waals surface area contributed by atoms with Crippen LogP contribution in [0.25, 0.3) is 0 Å². The maximum Gasteiger partial charge on any atom is 0.306 e. The van der Waals surface area contributed by atoms with Gasteiger partial charge in [-0.25, -0.2) is 9.67 Å². The van der Waals surface area contributed by atoms with Crippen molar-refractivity contribution in [2.45, 2.75) is 35.4 Å². The molecule has 1 aliphatic rings. The smallest absolute Gasteiger partial charge is 0.306 e. The van der Waals surface area contributed by atoms with Gasteiger partial charge in [-0.15, -0.1) is 11.8 Å². The van der Waals surface area contributed by atoms with Gasteiger partial charge in [-0.2, -0.15) is 18.8 Å². The second-order valence-corrected chi connectivity index (χ2v) is 10.00. The summed E-state index contributed by atoms with van der Waals surface area (Å²) in [5.74, 6) is 1.02. The van der Waals surface area contributed by atoms with Crippen molar-refractivity contribution in [2.24, 2.45) is 0 Å². The van der Waals surface area contributed by atoms with Crippen molar-refractivity contribution < 1.29 is 12.6 Å². The quantitative estimate of drug-likeness (QED) is 0.390. The van der Waals surface area contributed by atoms with Crippen LogP contribution in [0.5, 0.6) is 5.75 Å². The van der Waals surface area contributed by atoms with Gasteiger partial charge in [0.05, 0.1) is 24.3 Å². The Morgan fingerprint density at radius 1 is 1.20 bits per heavy atom. The fourth-order valence-electron chi connectivity index (χ4n) is 3.24. The first-order valence-corrected chi connectivity index (χ1v) is 12.1. The van der Waals surface area contributed by atoms with E-state index in [-0.39, 0.29) is 5.41 Å². The van der Waals surface area contributed by atoms with Crippen LogP contribution in [0.15, 0.2) is 60.0 Å². The van der Waals surface area contributed by atoms with Gasteiger partial charge in [-0.3, -0.25) is 0 Å². The van der Waals surface area contributed by atoms with Crippen LogP contribution in [0.4, 0.5) is 0 Å². The Bertz CT molecular complexity index is 1180. The van der Waals surface area contributed by atoms with Crippen molar-refractivity contribution in [3.05, 3.63) is 71.8 Å². The highest BCUT2D eigenvalue weighted by Gasteiger charge is 2.45. The minimum atomic E-state index is -3.53. The third-order valence-corrected chi connectivity index (χ3v) is 6.44. The molecule has 7 nitrogen and oxygen atoms in total. The predicted molar refractivity (Wildman–Crippen MR) is 114 cm³/mol. The van der Waals surface area contributed by atoms with E-state index in [2.05, 4.69) is 34.4 Å². The first-order chi connectivity index (χ1) is 14.4. The molecule has 0 aliphatic heterocycles. The zero-order valence-electron chi connectivity index (χ0n) is 16.4. The molecule has 0 spiro atoms. The summed E-state index contributed by atoms with van der Waals surface area (Å²) in [6.45, 7) is 0.602. The normalized spacial score (nSPS) is 14.8. The standard InChI is InChI=1S/C21H20N4O3S2/c1-30(26,27)28-19-2-4-20(5-3-19)29-12-17-8-16(11-25-15-23-14-24-25)9-18(10-17)21(13-22)6-7-21/h2-5,8-10,14-15H,6-7,11-12H2,1H3. The van der Waals surface area contributed by atoms with Crippen LogP contribution in [0.2, 0.25) is 0 Å². The largest absolute Gasteiger partial charge is 0.383 e. The molecule has 0 radical (unpaired) electrons. The molecule has 9 heteroatoms. The Hall–Kier alpha value is -2.83. The second kappa shape index (κ2) is 8.13. The van der Waals surface area contributed by atoms with E-state index >= 15 is 0 Å². The minimum absolute atomic E-state index is 0.295. The van der Waals surface area contributed by atoms with Crippen molar-refractivity contribution >= 4 is 21.9 Å². The molecule has 2 aromatic carbocycles. The summed E-state index contributed by atoms with van der Waals surface area (Å²) >= 11 is 1.64. The van der Waals surface area contributed by atoms with Crippen molar-refractivity contribution in [1.29, 1.82) is 5.26 Å². The highest BCUT2D eigenvalue weighted by atomic mass is 32.2. The predicted octanol–water partition coefficient (Wildman–Crippen LogP) is 3.51. The number of benzene rings is 2. The maximum absolute atomic E-state index is 11.2. The molecule has 4 rings (SSSR count). The average molecular weight is 441 g/mol. The van der Waals surface area contributed by atoms with Crippen LogP contribution >= 0.6 is 11.8 Å².